The van der Waals surface area contributed by atoms with Crippen molar-refractivity contribution in [1.29, 1.82) is 0 Å². The number of pyridine rings is 1. The lowest BCUT2D eigenvalue weighted by atomic mass is 9.94. The number of hydrogen-bond acceptors (Lipinski definition) is 7. The van der Waals surface area contributed by atoms with Crippen molar-refractivity contribution < 1.29 is 9.59 Å². The second-order valence-corrected chi connectivity index (χ2v) is 8.17. The summed E-state index contributed by atoms with van der Waals surface area (Å²) in [6, 6.07) is 7.56. The summed E-state index contributed by atoms with van der Waals surface area (Å²) in [7, 11) is 0. The Hall–Kier alpha value is -3.33. The van der Waals surface area contributed by atoms with Gasteiger partial charge in [-0.3, -0.25) is 14.6 Å². The number of nitrogens with one attached hydrogen (secondary N) is 2. The molecule has 5 rings (SSSR count). The van der Waals surface area contributed by atoms with E-state index in [4.69, 9.17) is 0 Å². The summed E-state index contributed by atoms with van der Waals surface area (Å²) in [4.78, 5) is 40.9. The fourth-order valence-electron chi connectivity index (χ4n) is 3.77. The molecule has 0 unspecified atom stereocenters. The number of nitrogens with zero attached hydrogens (tertiary/aromatic N) is 4. The van der Waals surface area contributed by atoms with E-state index < -0.39 is 5.66 Å². The van der Waals surface area contributed by atoms with Crippen molar-refractivity contribution >= 4 is 28.8 Å². The van der Waals surface area contributed by atoms with Gasteiger partial charge in [0, 0.05) is 55.6 Å². The Labute approximate surface area is 171 Å². The summed E-state index contributed by atoms with van der Waals surface area (Å²) in [6.07, 6.45) is 7.83. The zero-order valence-electron chi connectivity index (χ0n) is 15.5. The third kappa shape index (κ3) is 3.23. The van der Waals surface area contributed by atoms with Gasteiger partial charge in [0.1, 0.15) is 10.5 Å². The summed E-state index contributed by atoms with van der Waals surface area (Å²) in [5, 5.41) is 6.66. The topological polar surface area (TPSA) is 100 Å². The van der Waals surface area contributed by atoms with Crippen LogP contribution < -0.4 is 10.6 Å². The lowest BCUT2D eigenvalue weighted by molar-refractivity contribution is 0.0630. The van der Waals surface area contributed by atoms with Crippen molar-refractivity contribution in [2.45, 2.75) is 18.5 Å². The van der Waals surface area contributed by atoms with Crippen molar-refractivity contribution in [2.24, 2.45) is 0 Å². The molecule has 5 heterocycles. The van der Waals surface area contributed by atoms with Crippen LogP contribution in [0, 0.1) is 0 Å². The number of anilines is 1. The van der Waals surface area contributed by atoms with Crippen molar-refractivity contribution in [3.05, 3.63) is 59.8 Å². The Bertz CT molecular complexity index is 1060. The van der Waals surface area contributed by atoms with E-state index in [1.54, 1.807) is 35.8 Å². The molecule has 0 saturated carbocycles. The summed E-state index contributed by atoms with van der Waals surface area (Å²) in [5.74, 6) is -0.0554. The first-order chi connectivity index (χ1) is 14.1. The van der Waals surface area contributed by atoms with Crippen LogP contribution in [-0.2, 0) is 0 Å². The van der Waals surface area contributed by atoms with Gasteiger partial charge in [0.05, 0.1) is 5.69 Å². The molecule has 1 spiro atoms. The molecule has 1 saturated heterocycles. The molecule has 29 heavy (non-hydrogen) atoms. The average Bonchev–Trinajstić information content (AvgIpc) is 3.19. The Balaban J connectivity index is 1.33. The van der Waals surface area contributed by atoms with Gasteiger partial charge in [-0.25, -0.2) is 9.97 Å². The lowest BCUT2D eigenvalue weighted by Crippen LogP contribution is -2.62. The largest absolute Gasteiger partial charge is 0.361 e. The zero-order valence-corrected chi connectivity index (χ0v) is 16.3. The van der Waals surface area contributed by atoms with Gasteiger partial charge in [-0.05, 0) is 29.8 Å². The molecular formula is C20H18N6O2S. The maximum absolute atomic E-state index is 12.8. The van der Waals surface area contributed by atoms with Crippen LogP contribution in [0.1, 0.15) is 33.1 Å². The molecule has 0 radical (unpaired) electrons. The number of thiophene rings is 1. The maximum atomic E-state index is 12.8. The second-order valence-electron chi connectivity index (χ2n) is 7.12. The highest BCUT2D eigenvalue weighted by Crippen LogP contribution is 2.40. The lowest BCUT2D eigenvalue weighted by Gasteiger charge is -2.45. The van der Waals surface area contributed by atoms with Gasteiger partial charge < -0.3 is 15.5 Å². The van der Waals surface area contributed by atoms with E-state index in [0.29, 0.717) is 30.8 Å². The Morgan fingerprint density at radius 3 is 2.52 bits per heavy atom. The fourth-order valence-corrected chi connectivity index (χ4v) is 4.78. The van der Waals surface area contributed by atoms with Crippen LogP contribution in [0.5, 0.6) is 0 Å². The summed E-state index contributed by atoms with van der Waals surface area (Å²) in [6.45, 7) is 1.03. The number of fused-ring (bicyclic) bond motifs is 1. The van der Waals surface area contributed by atoms with E-state index in [9.17, 15) is 9.59 Å². The molecule has 0 aromatic carbocycles. The number of piperidine rings is 1. The molecule has 2 N–H and O–H groups in total. The number of likely N-dealkylation sites (tertiary alicyclic amines) is 1. The van der Waals surface area contributed by atoms with Crippen molar-refractivity contribution in [2.75, 3.05) is 18.4 Å². The number of amides is 2. The van der Waals surface area contributed by atoms with Gasteiger partial charge >= 0.3 is 0 Å². The van der Waals surface area contributed by atoms with E-state index in [0.717, 1.165) is 16.1 Å². The predicted octanol–water partition coefficient (Wildman–Crippen LogP) is 2.39. The first-order valence-corrected chi connectivity index (χ1v) is 10.2. The third-order valence-electron chi connectivity index (χ3n) is 5.29. The molecule has 3 aromatic heterocycles. The number of rotatable bonds is 2. The highest BCUT2D eigenvalue weighted by atomic mass is 32.1. The van der Waals surface area contributed by atoms with Crippen LogP contribution >= 0.6 is 11.3 Å². The Morgan fingerprint density at radius 1 is 1.07 bits per heavy atom. The maximum Gasteiger partial charge on any atom is 0.291 e. The fraction of sp³-hybridized carbons (Fsp3) is 0.250. The van der Waals surface area contributed by atoms with Crippen molar-refractivity contribution in [3.8, 4) is 10.4 Å². The molecule has 146 valence electrons. The van der Waals surface area contributed by atoms with Crippen LogP contribution in [0.25, 0.3) is 10.4 Å². The van der Waals surface area contributed by atoms with Crippen LogP contribution in [0.4, 0.5) is 5.69 Å². The van der Waals surface area contributed by atoms with Gasteiger partial charge in [-0.15, -0.1) is 11.3 Å². The standard InChI is InChI=1S/C20H18N6O2S/c27-18-16-14(12-15(29-16)13-2-8-21-9-3-13)24-20(25-18)4-10-26(11-5-20)19(28)17-22-6-1-7-23-17/h1-3,6-9,12,24H,4-5,10-11H2,(H,25,27). The molecule has 3 aromatic rings. The smallest absolute Gasteiger partial charge is 0.291 e. The molecular weight excluding hydrogens is 388 g/mol. The molecule has 1 fully saturated rings. The highest BCUT2D eigenvalue weighted by Gasteiger charge is 2.42. The average molecular weight is 406 g/mol. The molecule has 0 atom stereocenters. The van der Waals surface area contributed by atoms with E-state index >= 15 is 0 Å². The van der Waals surface area contributed by atoms with Gasteiger partial charge in [0.25, 0.3) is 11.8 Å². The minimum atomic E-state index is -0.547. The van der Waals surface area contributed by atoms with E-state index in [1.807, 2.05) is 18.2 Å². The minimum absolute atomic E-state index is 0.0739. The monoisotopic (exact) mass is 406 g/mol. The second kappa shape index (κ2) is 6.93. The van der Waals surface area contributed by atoms with E-state index in [2.05, 4.69) is 25.6 Å². The van der Waals surface area contributed by atoms with Crippen molar-refractivity contribution in [3.63, 3.8) is 0 Å². The van der Waals surface area contributed by atoms with Crippen LogP contribution in [0.3, 0.4) is 0 Å². The first kappa shape index (κ1) is 17.7. The Morgan fingerprint density at radius 2 is 1.79 bits per heavy atom. The quantitative estimate of drug-likeness (QED) is 0.678. The minimum Gasteiger partial charge on any atom is -0.361 e. The number of carbonyl (C=O) groups is 2. The SMILES string of the molecule is O=C1NC2(CCN(C(=O)c3ncccn3)CC2)Nc2cc(-c3ccncc3)sc21. The molecule has 2 amide bonds. The van der Waals surface area contributed by atoms with Crippen LogP contribution in [0.2, 0.25) is 0 Å². The zero-order chi connectivity index (χ0) is 19.8. The molecule has 9 heteroatoms. The van der Waals surface area contributed by atoms with E-state index in [-0.39, 0.29) is 17.6 Å². The molecule has 8 nitrogen and oxygen atoms in total. The third-order valence-corrected chi connectivity index (χ3v) is 6.47. The summed E-state index contributed by atoms with van der Waals surface area (Å²) >= 11 is 1.46. The first-order valence-electron chi connectivity index (χ1n) is 9.35. The molecule has 0 aliphatic carbocycles. The van der Waals surface area contributed by atoms with Gasteiger partial charge in [0.15, 0.2) is 0 Å². The van der Waals surface area contributed by atoms with E-state index in [1.165, 1.54) is 11.3 Å². The Kier molecular flexibility index (Phi) is 4.24. The highest BCUT2D eigenvalue weighted by molar-refractivity contribution is 7.18. The summed E-state index contributed by atoms with van der Waals surface area (Å²) < 4.78 is 0. The molecule has 0 bridgehead atoms. The van der Waals surface area contributed by atoms with Gasteiger partial charge in [-0.2, -0.15) is 0 Å². The number of carbonyl (C=O) groups excluding carboxylic acids is 2. The van der Waals surface area contributed by atoms with Crippen LogP contribution in [-0.4, -0.2) is 50.4 Å². The molecule has 2 aliphatic rings. The molecule has 2 aliphatic heterocycles. The normalized spacial score (nSPS) is 17.4. The predicted molar refractivity (Wildman–Crippen MR) is 109 cm³/mol. The van der Waals surface area contributed by atoms with Gasteiger partial charge in [-0.1, -0.05) is 0 Å². The number of hydrogen-bond donors (Lipinski definition) is 2. The summed E-state index contributed by atoms with van der Waals surface area (Å²) in [5.41, 5.74) is 1.33. The number of aromatic nitrogens is 3. The van der Waals surface area contributed by atoms with Crippen LogP contribution in [0.15, 0.2) is 49.1 Å². The van der Waals surface area contributed by atoms with Crippen molar-refractivity contribution in [1.82, 2.24) is 25.2 Å². The van der Waals surface area contributed by atoms with Gasteiger partial charge in [0.2, 0.25) is 5.82 Å².